The molecule has 1 aliphatic heterocycles. The van der Waals surface area contributed by atoms with E-state index < -0.39 is 6.10 Å². The molecule has 0 aliphatic carbocycles. The minimum absolute atomic E-state index is 0.569. The van der Waals surface area contributed by atoms with Gasteiger partial charge < -0.3 is 19.5 Å². The first kappa shape index (κ1) is 23.6. The molecule has 33 heavy (non-hydrogen) atoms. The maximum Gasteiger partial charge on any atom is 0.161 e. The van der Waals surface area contributed by atoms with Crippen LogP contribution in [0.1, 0.15) is 25.6 Å². The maximum absolute atomic E-state index is 10.8. The van der Waals surface area contributed by atoms with Crippen LogP contribution < -0.4 is 9.47 Å². The van der Waals surface area contributed by atoms with Gasteiger partial charge in [-0.2, -0.15) is 0 Å². The molecule has 0 amide bonds. The first-order valence-corrected chi connectivity index (χ1v) is 12.4. The molecular formula is C25H32N4O3S. The third-order valence-electron chi connectivity index (χ3n) is 5.70. The number of aromatic nitrogens is 2. The SMILES string of the molecule is CCOc1ccc(-c2nc(-c3cccc(C(O)CN4CCN(C)CC4)n3)cs2)cc1OCC. The van der Waals surface area contributed by atoms with Crippen LogP contribution in [-0.2, 0) is 0 Å². The van der Waals surface area contributed by atoms with E-state index in [9.17, 15) is 5.11 Å². The number of hydrogen-bond acceptors (Lipinski definition) is 8. The molecule has 176 valence electrons. The van der Waals surface area contributed by atoms with Crippen LogP contribution in [0.2, 0.25) is 0 Å². The first-order chi connectivity index (χ1) is 16.1. The van der Waals surface area contributed by atoms with E-state index in [0.29, 0.717) is 25.5 Å². The average Bonchev–Trinajstić information content (AvgIpc) is 3.32. The summed E-state index contributed by atoms with van der Waals surface area (Å²) in [6.45, 7) is 9.66. The van der Waals surface area contributed by atoms with Crippen molar-refractivity contribution in [3.8, 4) is 33.5 Å². The molecule has 1 aromatic carbocycles. The van der Waals surface area contributed by atoms with E-state index in [1.165, 1.54) is 0 Å². The molecule has 1 saturated heterocycles. The standard InChI is InChI=1S/C25H32N4O3S/c1-4-31-23-10-9-18(15-24(23)32-5-2)25-27-21(17-33-25)19-7-6-8-20(26-19)22(30)16-29-13-11-28(3)12-14-29/h6-10,15,17,22,30H,4-5,11-14,16H2,1-3H3. The van der Waals surface area contributed by atoms with Crippen LogP contribution in [0.15, 0.2) is 41.8 Å². The van der Waals surface area contributed by atoms with Crippen molar-refractivity contribution in [1.82, 2.24) is 19.8 Å². The van der Waals surface area contributed by atoms with E-state index in [-0.39, 0.29) is 0 Å². The zero-order valence-corrected chi connectivity index (χ0v) is 20.3. The molecule has 0 saturated carbocycles. The van der Waals surface area contributed by atoms with Crippen LogP contribution in [0.5, 0.6) is 11.5 Å². The number of nitrogens with zero attached hydrogens (tertiary/aromatic N) is 4. The van der Waals surface area contributed by atoms with E-state index in [1.807, 2.05) is 55.6 Å². The topological polar surface area (TPSA) is 71.0 Å². The number of ether oxygens (including phenoxy) is 2. The van der Waals surface area contributed by atoms with Gasteiger partial charge in [0.15, 0.2) is 11.5 Å². The molecule has 4 rings (SSSR count). The normalized spacial score (nSPS) is 16.0. The maximum atomic E-state index is 10.8. The second-order valence-corrected chi connectivity index (χ2v) is 8.99. The van der Waals surface area contributed by atoms with Crippen LogP contribution in [0.4, 0.5) is 0 Å². The van der Waals surface area contributed by atoms with Gasteiger partial charge in [0, 0.05) is 43.7 Å². The van der Waals surface area contributed by atoms with E-state index in [4.69, 9.17) is 19.4 Å². The summed E-state index contributed by atoms with van der Waals surface area (Å²) in [7, 11) is 2.13. The molecule has 0 radical (unpaired) electrons. The molecule has 1 N–H and O–H groups in total. The molecule has 0 spiro atoms. The number of hydrogen-bond donors (Lipinski definition) is 1. The molecule has 8 heteroatoms. The number of pyridine rings is 1. The number of thiazole rings is 1. The van der Waals surface area contributed by atoms with Crippen LogP contribution in [0, 0.1) is 0 Å². The molecule has 1 unspecified atom stereocenters. The van der Waals surface area contributed by atoms with Crippen molar-refractivity contribution in [1.29, 1.82) is 0 Å². The number of rotatable bonds is 9. The van der Waals surface area contributed by atoms with Gasteiger partial charge in [0.05, 0.1) is 24.6 Å². The lowest BCUT2D eigenvalue weighted by Gasteiger charge is -2.33. The van der Waals surface area contributed by atoms with Crippen molar-refractivity contribution in [2.75, 3.05) is 53.0 Å². The van der Waals surface area contributed by atoms with Crippen LogP contribution in [-0.4, -0.2) is 77.9 Å². The number of β-amino-alcohol motifs (C(OH)–C–C–N with tert-alkyl or cyclic N) is 1. The summed E-state index contributed by atoms with van der Waals surface area (Å²) in [6, 6.07) is 11.7. The lowest BCUT2D eigenvalue weighted by molar-refractivity contribution is 0.0783. The molecular weight excluding hydrogens is 436 g/mol. The van der Waals surface area contributed by atoms with E-state index in [0.717, 1.165) is 59.6 Å². The Morgan fingerprint density at radius 3 is 2.48 bits per heavy atom. The largest absolute Gasteiger partial charge is 0.490 e. The first-order valence-electron chi connectivity index (χ1n) is 11.5. The average molecular weight is 469 g/mol. The molecule has 0 bridgehead atoms. The summed E-state index contributed by atoms with van der Waals surface area (Å²) in [5.74, 6) is 1.46. The summed E-state index contributed by atoms with van der Waals surface area (Å²) in [5, 5.41) is 13.7. The summed E-state index contributed by atoms with van der Waals surface area (Å²) in [6.07, 6.45) is -0.619. The predicted octanol–water partition coefficient (Wildman–Crippen LogP) is 3.95. The van der Waals surface area contributed by atoms with Crippen molar-refractivity contribution in [3.63, 3.8) is 0 Å². The Kier molecular flexibility index (Phi) is 7.93. The molecule has 1 fully saturated rings. The number of likely N-dealkylation sites (N-methyl/N-ethyl adjacent to an activating group) is 1. The van der Waals surface area contributed by atoms with Gasteiger partial charge in [-0.05, 0) is 51.2 Å². The summed E-state index contributed by atoms with van der Waals surface area (Å²) in [5.41, 5.74) is 3.23. The van der Waals surface area contributed by atoms with Gasteiger partial charge in [-0.15, -0.1) is 11.3 Å². The molecule has 3 heterocycles. The molecule has 1 atom stereocenters. The summed E-state index contributed by atoms with van der Waals surface area (Å²) < 4.78 is 11.4. The van der Waals surface area contributed by atoms with Gasteiger partial charge in [-0.3, -0.25) is 4.90 Å². The van der Waals surface area contributed by atoms with E-state index in [1.54, 1.807) is 11.3 Å². The third kappa shape index (κ3) is 5.89. The minimum atomic E-state index is -0.619. The highest BCUT2D eigenvalue weighted by atomic mass is 32.1. The van der Waals surface area contributed by atoms with Crippen LogP contribution in [0.3, 0.4) is 0 Å². The smallest absolute Gasteiger partial charge is 0.161 e. The molecule has 2 aromatic heterocycles. The number of aliphatic hydroxyl groups is 1. The minimum Gasteiger partial charge on any atom is -0.490 e. The highest BCUT2D eigenvalue weighted by Gasteiger charge is 2.19. The highest BCUT2D eigenvalue weighted by Crippen LogP contribution is 2.35. The van der Waals surface area contributed by atoms with Crippen molar-refractivity contribution >= 4 is 11.3 Å². The van der Waals surface area contributed by atoms with Crippen molar-refractivity contribution in [3.05, 3.63) is 47.5 Å². The Bertz CT molecular complexity index is 1050. The van der Waals surface area contributed by atoms with E-state index in [2.05, 4.69) is 16.8 Å². The van der Waals surface area contributed by atoms with Gasteiger partial charge >= 0.3 is 0 Å². The Morgan fingerprint density at radius 2 is 1.73 bits per heavy atom. The highest BCUT2D eigenvalue weighted by molar-refractivity contribution is 7.13. The van der Waals surface area contributed by atoms with Crippen molar-refractivity contribution < 1.29 is 14.6 Å². The zero-order valence-electron chi connectivity index (χ0n) is 19.5. The second kappa shape index (κ2) is 11.1. The van der Waals surface area contributed by atoms with E-state index >= 15 is 0 Å². The quantitative estimate of drug-likeness (QED) is 0.510. The summed E-state index contributed by atoms with van der Waals surface area (Å²) >= 11 is 1.56. The molecule has 1 aliphatic rings. The number of piperazine rings is 1. The Balaban J connectivity index is 1.50. The van der Waals surface area contributed by atoms with Gasteiger partial charge in [-0.25, -0.2) is 9.97 Å². The lowest BCUT2D eigenvalue weighted by atomic mass is 10.1. The van der Waals surface area contributed by atoms with Crippen LogP contribution in [0.25, 0.3) is 22.0 Å². The van der Waals surface area contributed by atoms with Crippen LogP contribution >= 0.6 is 11.3 Å². The lowest BCUT2D eigenvalue weighted by Crippen LogP contribution is -2.45. The Morgan fingerprint density at radius 1 is 0.970 bits per heavy atom. The summed E-state index contributed by atoms with van der Waals surface area (Å²) in [4.78, 5) is 14.1. The predicted molar refractivity (Wildman–Crippen MR) is 132 cm³/mol. The molecule has 3 aromatic rings. The Labute approximate surface area is 199 Å². The zero-order chi connectivity index (χ0) is 23.2. The number of aliphatic hydroxyl groups excluding tert-OH is 1. The second-order valence-electron chi connectivity index (χ2n) is 8.13. The van der Waals surface area contributed by atoms with Gasteiger partial charge in [0.1, 0.15) is 16.8 Å². The van der Waals surface area contributed by atoms with Crippen molar-refractivity contribution in [2.24, 2.45) is 0 Å². The fourth-order valence-corrected chi connectivity index (χ4v) is 4.67. The van der Waals surface area contributed by atoms with Gasteiger partial charge in [-0.1, -0.05) is 6.07 Å². The fraction of sp³-hybridized carbons (Fsp3) is 0.440. The Hall–Kier alpha value is -2.52. The number of benzene rings is 1. The molecule has 7 nitrogen and oxygen atoms in total. The third-order valence-corrected chi connectivity index (χ3v) is 6.59. The fourth-order valence-electron chi connectivity index (χ4n) is 3.86. The van der Waals surface area contributed by atoms with Gasteiger partial charge in [0.25, 0.3) is 0 Å². The monoisotopic (exact) mass is 468 g/mol. The van der Waals surface area contributed by atoms with Gasteiger partial charge in [0.2, 0.25) is 0 Å². The van der Waals surface area contributed by atoms with Crippen molar-refractivity contribution in [2.45, 2.75) is 20.0 Å².